The fourth-order valence-corrected chi connectivity index (χ4v) is 2.49. The first kappa shape index (κ1) is 9.65. The Morgan fingerprint density at radius 3 is 2.71 bits per heavy atom. The molecule has 1 saturated heterocycles. The second kappa shape index (κ2) is 3.69. The molecule has 2 unspecified atom stereocenters. The maximum Gasteiger partial charge on any atom is 0.221 e. The third-order valence-electron chi connectivity index (χ3n) is 3.34. The molecule has 1 aliphatic carbocycles. The average Bonchev–Trinajstić information content (AvgIpc) is 2.71. The normalized spacial score (nSPS) is 33.9. The molecule has 0 aromatic heterocycles. The van der Waals surface area contributed by atoms with E-state index < -0.39 is 0 Å². The Hall–Kier alpha value is -0.900. The van der Waals surface area contributed by atoms with Crippen LogP contribution in [0, 0.1) is 5.92 Å². The molecule has 0 radical (unpaired) electrons. The van der Waals surface area contributed by atoms with Crippen LogP contribution >= 0.6 is 0 Å². The number of primary amides is 1. The summed E-state index contributed by atoms with van der Waals surface area (Å²) >= 11 is 0. The van der Waals surface area contributed by atoms with Crippen molar-refractivity contribution < 1.29 is 9.59 Å². The van der Waals surface area contributed by atoms with Gasteiger partial charge < -0.3 is 5.73 Å². The quantitative estimate of drug-likeness (QED) is 0.671. The molecule has 4 heteroatoms. The van der Waals surface area contributed by atoms with E-state index in [9.17, 15) is 9.59 Å². The first-order valence-corrected chi connectivity index (χ1v) is 5.24. The number of carbonyl (C=O) groups excluding carboxylic acids is 2. The van der Waals surface area contributed by atoms with E-state index in [1.165, 1.54) is 0 Å². The van der Waals surface area contributed by atoms with E-state index in [4.69, 9.17) is 5.73 Å². The topological polar surface area (TPSA) is 63.4 Å². The van der Waals surface area contributed by atoms with E-state index in [0.717, 1.165) is 25.8 Å². The summed E-state index contributed by atoms with van der Waals surface area (Å²) in [6, 6.07) is 0.0827. The summed E-state index contributed by atoms with van der Waals surface area (Å²) in [6.07, 6.45) is 3.49. The molecule has 2 rings (SSSR count). The number of nitrogens with two attached hydrogens (primary N) is 1. The first-order chi connectivity index (χ1) is 6.68. The number of carbonyl (C=O) groups is 2. The summed E-state index contributed by atoms with van der Waals surface area (Å²) in [6.45, 7) is 1.54. The van der Waals surface area contributed by atoms with Crippen LogP contribution in [0.1, 0.15) is 25.7 Å². The number of Topliss-reactive ketones (excluding diaryl/α,β-unsaturated/α-hetero) is 1. The van der Waals surface area contributed by atoms with E-state index in [0.29, 0.717) is 18.7 Å². The van der Waals surface area contributed by atoms with Gasteiger partial charge in [0.25, 0.3) is 0 Å². The van der Waals surface area contributed by atoms with Crippen molar-refractivity contribution >= 4 is 11.7 Å². The standard InChI is InChI=1S/C10H16N2O2/c11-10(14)7-4-5-12(6-7)8-2-1-3-9(8)13/h7-8H,1-6H2,(H2,11,14). The van der Waals surface area contributed by atoms with E-state index in [2.05, 4.69) is 4.90 Å². The van der Waals surface area contributed by atoms with Crippen LogP contribution in [-0.4, -0.2) is 35.7 Å². The minimum absolute atomic E-state index is 0.0385. The number of hydrogen-bond acceptors (Lipinski definition) is 3. The molecule has 0 aromatic carbocycles. The summed E-state index contributed by atoms with van der Waals surface area (Å²) in [5.74, 6) is 0.0801. The largest absolute Gasteiger partial charge is 0.369 e. The highest BCUT2D eigenvalue weighted by molar-refractivity contribution is 5.86. The summed E-state index contributed by atoms with van der Waals surface area (Å²) in [5.41, 5.74) is 5.24. The SMILES string of the molecule is NC(=O)C1CCN(C2CCCC2=O)C1. The third-order valence-corrected chi connectivity index (χ3v) is 3.34. The molecule has 2 atom stereocenters. The van der Waals surface area contributed by atoms with Crippen LogP contribution in [0.25, 0.3) is 0 Å². The monoisotopic (exact) mass is 196 g/mol. The van der Waals surface area contributed by atoms with Gasteiger partial charge in [-0.25, -0.2) is 0 Å². The highest BCUT2D eigenvalue weighted by Gasteiger charge is 2.36. The molecule has 2 N–H and O–H groups in total. The van der Waals surface area contributed by atoms with Crippen LogP contribution in [-0.2, 0) is 9.59 Å². The molecule has 2 aliphatic rings. The lowest BCUT2D eigenvalue weighted by molar-refractivity contribution is -0.123. The summed E-state index contributed by atoms with van der Waals surface area (Å²) in [4.78, 5) is 24.6. The van der Waals surface area contributed by atoms with E-state index in [1.54, 1.807) is 0 Å². The molecular formula is C10H16N2O2. The van der Waals surface area contributed by atoms with Crippen LogP contribution in [0.15, 0.2) is 0 Å². The lowest BCUT2D eigenvalue weighted by atomic mass is 10.1. The fourth-order valence-electron chi connectivity index (χ4n) is 2.49. The highest BCUT2D eigenvalue weighted by atomic mass is 16.1. The van der Waals surface area contributed by atoms with Crippen LogP contribution in [0.3, 0.4) is 0 Å². The summed E-state index contributed by atoms with van der Waals surface area (Å²) < 4.78 is 0. The molecule has 1 aliphatic heterocycles. The molecule has 1 saturated carbocycles. The van der Waals surface area contributed by atoms with Gasteiger partial charge >= 0.3 is 0 Å². The molecule has 0 aromatic rings. The molecule has 1 heterocycles. The van der Waals surface area contributed by atoms with Crippen molar-refractivity contribution in [2.24, 2.45) is 11.7 Å². The highest BCUT2D eigenvalue weighted by Crippen LogP contribution is 2.26. The Kier molecular flexibility index (Phi) is 2.54. The minimum Gasteiger partial charge on any atom is -0.369 e. The predicted molar refractivity (Wildman–Crippen MR) is 51.5 cm³/mol. The lowest BCUT2D eigenvalue weighted by Gasteiger charge is -2.21. The summed E-state index contributed by atoms with van der Waals surface area (Å²) in [7, 11) is 0. The first-order valence-electron chi connectivity index (χ1n) is 5.24. The fraction of sp³-hybridized carbons (Fsp3) is 0.800. The zero-order valence-corrected chi connectivity index (χ0v) is 8.24. The van der Waals surface area contributed by atoms with Gasteiger partial charge in [0.05, 0.1) is 12.0 Å². The molecule has 78 valence electrons. The number of hydrogen-bond donors (Lipinski definition) is 1. The Morgan fingerprint density at radius 1 is 1.43 bits per heavy atom. The van der Waals surface area contributed by atoms with Crippen LogP contribution < -0.4 is 5.73 Å². The summed E-state index contributed by atoms with van der Waals surface area (Å²) in [5, 5.41) is 0. The van der Waals surface area contributed by atoms with Gasteiger partial charge in [-0.15, -0.1) is 0 Å². The van der Waals surface area contributed by atoms with Gasteiger partial charge in [-0.2, -0.15) is 0 Å². The smallest absolute Gasteiger partial charge is 0.221 e. The third kappa shape index (κ3) is 1.66. The van der Waals surface area contributed by atoms with Crippen LogP contribution in [0.2, 0.25) is 0 Å². The number of likely N-dealkylation sites (tertiary alicyclic amines) is 1. The zero-order chi connectivity index (χ0) is 10.1. The van der Waals surface area contributed by atoms with Gasteiger partial charge in [-0.1, -0.05) is 0 Å². The zero-order valence-electron chi connectivity index (χ0n) is 8.24. The Labute approximate surface area is 83.4 Å². The molecule has 2 fully saturated rings. The number of amides is 1. The average molecular weight is 196 g/mol. The lowest BCUT2D eigenvalue weighted by Crippen LogP contribution is -2.37. The van der Waals surface area contributed by atoms with Gasteiger partial charge in [-0.05, 0) is 25.8 Å². The minimum atomic E-state index is -0.224. The van der Waals surface area contributed by atoms with Gasteiger partial charge in [0, 0.05) is 13.0 Å². The maximum atomic E-state index is 11.5. The number of nitrogens with zero attached hydrogens (tertiary/aromatic N) is 1. The van der Waals surface area contributed by atoms with Crippen molar-refractivity contribution in [3.63, 3.8) is 0 Å². The van der Waals surface area contributed by atoms with E-state index in [-0.39, 0.29) is 17.9 Å². The number of ketones is 1. The maximum absolute atomic E-state index is 11.5. The second-order valence-electron chi connectivity index (χ2n) is 4.26. The Balaban J connectivity index is 1.95. The molecule has 1 amide bonds. The van der Waals surface area contributed by atoms with Crippen molar-refractivity contribution in [3.8, 4) is 0 Å². The molecule has 0 spiro atoms. The number of rotatable bonds is 2. The molecule has 0 bridgehead atoms. The second-order valence-corrected chi connectivity index (χ2v) is 4.26. The van der Waals surface area contributed by atoms with E-state index in [1.807, 2.05) is 0 Å². The van der Waals surface area contributed by atoms with Crippen molar-refractivity contribution in [2.75, 3.05) is 13.1 Å². The predicted octanol–water partition coefficient (Wildman–Crippen LogP) is -0.0848. The van der Waals surface area contributed by atoms with Gasteiger partial charge in [-0.3, -0.25) is 14.5 Å². The molecule has 14 heavy (non-hydrogen) atoms. The van der Waals surface area contributed by atoms with Crippen molar-refractivity contribution in [1.82, 2.24) is 4.90 Å². The van der Waals surface area contributed by atoms with Gasteiger partial charge in [0.2, 0.25) is 5.91 Å². The van der Waals surface area contributed by atoms with Gasteiger partial charge in [0.15, 0.2) is 0 Å². The molecule has 4 nitrogen and oxygen atoms in total. The van der Waals surface area contributed by atoms with Crippen LogP contribution in [0.4, 0.5) is 0 Å². The van der Waals surface area contributed by atoms with Gasteiger partial charge in [0.1, 0.15) is 5.78 Å². The van der Waals surface area contributed by atoms with Crippen LogP contribution in [0.5, 0.6) is 0 Å². The van der Waals surface area contributed by atoms with E-state index >= 15 is 0 Å². The van der Waals surface area contributed by atoms with Crippen molar-refractivity contribution in [1.29, 1.82) is 0 Å². The van der Waals surface area contributed by atoms with Crippen molar-refractivity contribution in [2.45, 2.75) is 31.7 Å². The Morgan fingerprint density at radius 2 is 2.21 bits per heavy atom. The Bertz CT molecular complexity index is 265. The van der Waals surface area contributed by atoms with Crippen molar-refractivity contribution in [3.05, 3.63) is 0 Å². The molecular weight excluding hydrogens is 180 g/mol.